The minimum atomic E-state index is -3.61. The second kappa shape index (κ2) is 7.49. The summed E-state index contributed by atoms with van der Waals surface area (Å²) in [7, 11) is -3.61. The number of rotatable bonds is 5. The Morgan fingerprint density at radius 2 is 1.58 bits per heavy atom. The van der Waals surface area contributed by atoms with E-state index >= 15 is 0 Å². The highest BCUT2D eigenvalue weighted by molar-refractivity contribution is 7.89. The van der Waals surface area contributed by atoms with Gasteiger partial charge in [0.25, 0.3) is 10.0 Å². The van der Waals surface area contributed by atoms with Crippen LogP contribution in [0.25, 0.3) is 0 Å². The SMILES string of the molecule is O=S(=O)(NN=Cc1ccc(N2CCCCC2)cc1)c1ccccc1. The minimum Gasteiger partial charge on any atom is -0.372 e. The first-order chi connectivity index (χ1) is 11.6. The molecule has 126 valence electrons. The van der Waals surface area contributed by atoms with E-state index in [0.717, 1.165) is 18.7 Å². The molecule has 0 amide bonds. The monoisotopic (exact) mass is 343 g/mol. The Kier molecular flexibility index (Phi) is 5.15. The minimum absolute atomic E-state index is 0.197. The van der Waals surface area contributed by atoms with Gasteiger partial charge < -0.3 is 4.90 Å². The fraction of sp³-hybridized carbons (Fsp3) is 0.278. The fourth-order valence-electron chi connectivity index (χ4n) is 2.75. The van der Waals surface area contributed by atoms with Crippen LogP contribution in [0.2, 0.25) is 0 Å². The number of nitrogens with one attached hydrogen (secondary N) is 1. The third-order valence-corrected chi connectivity index (χ3v) is 5.29. The van der Waals surface area contributed by atoms with Crippen molar-refractivity contribution in [2.45, 2.75) is 24.2 Å². The fourth-order valence-corrected chi connectivity index (χ4v) is 3.56. The van der Waals surface area contributed by atoms with Crippen molar-refractivity contribution in [1.29, 1.82) is 0 Å². The molecule has 0 saturated carbocycles. The summed E-state index contributed by atoms with van der Waals surface area (Å²) < 4.78 is 24.1. The molecule has 0 bridgehead atoms. The lowest BCUT2D eigenvalue weighted by Crippen LogP contribution is -2.29. The number of piperidine rings is 1. The number of nitrogens with zero attached hydrogens (tertiary/aromatic N) is 2. The number of hydrazone groups is 1. The van der Waals surface area contributed by atoms with E-state index in [1.807, 2.05) is 12.1 Å². The average Bonchev–Trinajstić information content (AvgIpc) is 2.64. The predicted octanol–water partition coefficient (Wildman–Crippen LogP) is 2.99. The maximum Gasteiger partial charge on any atom is 0.276 e. The van der Waals surface area contributed by atoms with E-state index in [-0.39, 0.29) is 4.90 Å². The molecule has 0 spiro atoms. The van der Waals surface area contributed by atoms with Crippen molar-refractivity contribution in [2.24, 2.45) is 5.10 Å². The van der Waals surface area contributed by atoms with Crippen LogP contribution < -0.4 is 9.73 Å². The van der Waals surface area contributed by atoms with Crippen molar-refractivity contribution >= 4 is 21.9 Å². The van der Waals surface area contributed by atoms with Gasteiger partial charge in [-0.3, -0.25) is 0 Å². The van der Waals surface area contributed by atoms with Crippen LogP contribution in [0.3, 0.4) is 0 Å². The van der Waals surface area contributed by atoms with Crippen LogP contribution in [0.4, 0.5) is 5.69 Å². The predicted molar refractivity (Wildman–Crippen MR) is 96.9 cm³/mol. The van der Waals surface area contributed by atoms with Crippen LogP contribution in [0.15, 0.2) is 64.6 Å². The van der Waals surface area contributed by atoms with Gasteiger partial charge in [0.2, 0.25) is 0 Å². The second-order valence-electron chi connectivity index (χ2n) is 5.81. The number of hydrogen-bond donors (Lipinski definition) is 1. The molecule has 2 aromatic rings. The number of benzene rings is 2. The van der Waals surface area contributed by atoms with Crippen LogP contribution in [0.5, 0.6) is 0 Å². The molecule has 1 heterocycles. The summed E-state index contributed by atoms with van der Waals surface area (Å²) >= 11 is 0. The van der Waals surface area contributed by atoms with Gasteiger partial charge in [0.05, 0.1) is 11.1 Å². The smallest absolute Gasteiger partial charge is 0.276 e. The molecule has 1 saturated heterocycles. The van der Waals surface area contributed by atoms with Crippen LogP contribution in [-0.4, -0.2) is 27.7 Å². The van der Waals surface area contributed by atoms with Crippen LogP contribution in [0.1, 0.15) is 24.8 Å². The molecule has 1 aliphatic rings. The molecular weight excluding hydrogens is 322 g/mol. The quantitative estimate of drug-likeness (QED) is 0.670. The molecule has 1 N–H and O–H groups in total. The molecule has 6 heteroatoms. The van der Waals surface area contributed by atoms with Crippen molar-refractivity contribution in [3.05, 3.63) is 60.2 Å². The topological polar surface area (TPSA) is 61.8 Å². The van der Waals surface area contributed by atoms with Gasteiger partial charge in [-0.25, -0.2) is 4.83 Å². The van der Waals surface area contributed by atoms with Gasteiger partial charge in [0.15, 0.2) is 0 Å². The number of hydrogen-bond acceptors (Lipinski definition) is 4. The van der Waals surface area contributed by atoms with E-state index in [9.17, 15) is 8.42 Å². The van der Waals surface area contributed by atoms with E-state index in [1.165, 1.54) is 43.3 Å². The first kappa shape index (κ1) is 16.5. The third-order valence-electron chi connectivity index (χ3n) is 4.05. The average molecular weight is 343 g/mol. The summed E-state index contributed by atoms with van der Waals surface area (Å²) in [4.78, 5) is 4.81. The van der Waals surface area contributed by atoms with Gasteiger partial charge in [-0.05, 0) is 49.1 Å². The maximum atomic E-state index is 12.1. The van der Waals surface area contributed by atoms with Crippen molar-refractivity contribution in [3.8, 4) is 0 Å². The molecule has 5 nitrogen and oxygen atoms in total. The van der Waals surface area contributed by atoms with Gasteiger partial charge in [-0.1, -0.05) is 30.3 Å². The van der Waals surface area contributed by atoms with Crippen molar-refractivity contribution in [1.82, 2.24) is 4.83 Å². The highest BCUT2D eigenvalue weighted by atomic mass is 32.2. The van der Waals surface area contributed by atoms with Crippen LogP contribution >= 0.6 is 0 Å². The van der Waals surface area contributed by atoms with E-state index < -0.39 is 10.0 Å². The maximum absolute atomic E-state index is 12.1. The Morgan fingerprint density at radius 1 is 0.917 bits per heavy atom. The summed E-state index contributed by atoms with van der Waals surface area (Å²) in [6.07, 6.45) is 5.30. The zero-order chi connectivity index (χ0) is 16.8. The molecule has 0 aliphatic carbocycles. The molecule has 0 aromatic heterocycles. The van der Waals surface area contributed by atoms with Gasteiger partial charge in [-0.2, -0.15) is 13.5 Å². The van der Waals surface area contributed by atoms with Gasteiger partial charge in [0, 0.05) is 18.8 Å². The standard InChI is InChI=1S/C18H21N3O2S/c22-24(23,18-7-3-1-4-8-18)20-19-15-16-9-11-17(12-10-16)21-13-5-2-6-14-21/h1,3-4,7-12,15,20H,2,5-6,13-14H2. The Morgan fingerprint density at radius 3 is 2.25 bits per heavy atom. The molecule has 0 unspecified atom stereocenters. The molecule has 2 aromatic carbocycles. The number of sulfonamides is 1. The molecule has 0 atom stereocenters. The zero-order valence-corrected chi connectivity index (χ0v) is 14.2. The van der Waals surface area contributed by atoms with Crippen LogP contribution in [0, 0.1) is 0 Å². The Balaban J connectivity index is 1.62. The summed E-state index contributed by atoms with van der Waals surface area (Å²) in [6, 6.07) is 16.2. The normalized spacial score (nSPS) is 15.6. The molecule has 1 fully saturated rings. The Bertz CT molecular complexity index is 781. The lowest BCUT2D eigenvalue weighted by Gasteiger charge is -2.28. The lowest BCUT2D eigenvalue weighted by molar-refractivity contribution is 0.578. The van der Waals surface area contributed by atoms with E-state index in [2.05, 4.69) is 27.0 Å². The highest BCUT2D eigenvalue weighted by Crippen LogP contribution is 2.19. The third kappa shape index (κ3) is 4.14. The second-order valence-corrected chi connectivity index (χ2v) is 7.47. The molecule has 1 aliphatic heterocycles. The summed E-state index contributed by atoms with van der Waals surface area (Å²) in [6.45, 7) is 2.20. The van der Waals surface area contributed by atoms with Crippen molar-refractivity contribution in [2.75, 3.05) is 18.0 Å². The van der Waals surface area contributed by atoms with Crippen molar-refractivity contribution < 1.29 is 8.42 Å². The Labute approximate surface area is 143 Å². The number of anilines is 1. The molecular formula is C18H21N3O2S. The molecule has 3 rings (SSSR count). The lowest BCUT2D eigenvalue weighted by atomic mass is 10.1. The zero-order valence-electron chi connectivity index (χ0n) is 13.4. The molecule has 0 radical (unpaired) electrons. The summed E-state index contributed by atoms with van der Waals surface area (Å²) in [5.41, 5.74) is 2.06. The van der Waals surface area contributed by atoms with Gasteiger partial charge >= 0.3 is 0 Å². The summed E-state index contributed by atoms with van der Waals surface area (Å²) in [5, 5.41) is 3.86. The summed E-state index contributed by atoms with van der Waals surface area (Å²) in [5.74, 6) is 0. The first-order valence-corrected chi connectivity index (χ1v) is 9.58. The van der Waals surface area contributed by atoms with E-state index in [0.29, 0.717) is 0 Å². The van der Waals surface area contributed by atoms with E-state index in [4.69, 9.17) is 0 Å². The molecule has 24 heavy (non-hydrogen) atoms. The highest BCUT2D eigenvalue weighted by Gasteiger charge is 2.11. The van der Waals surface area contributed by atoms with Crippen LogP contribution in [-0.2, 0) is 10.0 Å². The Hall–Kier alpha value is -2.34. The van der Waals surface area contributed by atoms with E-state index in [1.54, 1.807) is 18.2 Å². The first-order valence-electron chi connectivity index (χ1n) is 8.10. The largest absolute Gasteiger partial charge is 0.372 e. The van der Waals surface area contributed by atoms with Crippen molar-refractivity contribution in [3.63, 3.8) is 0 Å². The van der Waals surface area contributed by atoms with Gasteiger partial charge in [0.1, 0.15) is 0 Å². The van der Waals surface area contributed by atoms with Gasteiger partial charge in [-0.15, -0.1) is 0 Å².